The van der Waals surface area contributed by atoms with Gasteiger partial charge in [-0.15, -0.1) is 0 Å². The second kappa shape index (κ2) is 4.03. The van der Waals surface area contributed by atoms with Gasteiger partial charge >= 0.3 is 0 Å². The standard InChI is InChI=1S/C10H10Cl2O/c1-3-6(2)7-4-8(11)10(13)9(12)5-7/h3-5,13H,1-2H3/b6-3+. The predicted molar refractivity (Wildman–Crippen MR) is 57.5 cm³/mol. The summed E-state index contributed by atoms with van der Waals surface area (Å²) < 4.78 is 0. The van der Waals surface area contributed by atoms with Gasteiger partial charge in [-0.25, -0.2) is 0 Å². The van der Waals surface area contributed by atoms with Gasteiger partial charge in [0.1, 0.15) is 0 Å². The molecule has 0 amide bonds. The molecule has 0 saturated heterocycles. The van der Waals surface area contributed by atoms with Crippen LogP contribution in [0.25, 0.3) is 5.57 Å². The monoisotopic (exact) mass is 216 g/mol. The lowest BCUT2D eigenvalue weighted by Crippen LogP contribution is -1.81. The molecule has 0 fully saturated rings. The van der Waals surface area contributed by atoms with Crippen LogP contribution in [0.3, 0.4) is 0 Å². The van der Waals surface area contributed by atoms with Crippen molar-refractivity contribution in [2.45, 2.75) is 13.8 Å². The van der Waals surface area contributed by atoms with Crippen LogP contribution in [0.15, 0.2) is 18.2 Å². The number of benzene rings is 1. The lowest BCUT2D eigenvalue weighted by molar-refractivity contribution is 0.476. The number of phenolic OH excluding ortho intramolecular Hbond substituents is 1. The molecule has 1 nitrogen and oxygen atoms in total. The Morgan fingerprint density at radius 2 is 1.77 bits per heavy atom. The Hall–Kier alpha value is -0.660. The minimum absolute atomic E-state index is 0.0593. The van der Waals surface area contributed by atoms with Crippen LogP contribution in [0, 0.1) is 0 Å². The van der Waals surface area contributed by atoms with Gasteiger partial charge in [-0.05, 0) is 37.1 Å². The number of phenols is 1. The summed E-state index contributed by atoms with van der Waals surface area (Å²) in [6.45, 7) is 3.89. The molecule has 13 heavy (non-hydrogen) atoms. The van der Waals surface area contributed by atoms with Crippen LogP contribution >= 0.6 is 23.2 Å². The molecule has 3 heteroatoms. The van der Waals surface area contributed by atoms with Crippen LogP contribution in [0.1, 0.15) is 19.4 Å². The Kier molecular flexibility index (Phi) is 3.23. The van der Waals surface area contributed by atoms with Gasteiger partial charge in [0.15, 0.2) is 5.75 Å². The molecule has 0 spiro atoms. The van der Waals surface area contributed by atoms with Crippen molar-refractivity contribution in [1.82, 2.24) is 0 Å². The second-order valence-electron chi connectivity index (χ2n) is 2.76. The summed E-state index contributed by atoms with van der Waals surface area (Å²) in [6, 6.07) is 3.39. The van der Waals surface area contributed by atoms with Gasteiger partial charge in [0, 0.05) is 0 Å². The quantitative estimate of drug-likeness (QED) is 0.749. The van der Waals surface area contributed by atoms with E-state index >= 15 is 0 Å². The van der Waals surface area contributed by atoms with Gasteiger partial charge in [0.25, 0.3) is 0 Å². The maximum Gasteiger partial charge on any atom is 0.152 e. The first kappa shape index (κ1) is 10.4. The van der Waals surface area contributed by atoms with Gasteiger partial charge in [-0.2, -0.15) is 0 Å². The van der Waals surface area contributed by atoms with Crippen molar-refractivity contribution in [3.63, 3.8) is 0 Å². The second-order valence-corrected chi connectivity index (χ2v) is 3.57. The highest BCUT2D eigenvalue weighted by Gasteiger charge is 2.06. The van der Waals surface area contributed by atoms with Crippen molar-refractivity contribution in [2.24, 2.45) is 0 Å². The summed E-state index contributed by atoms with van der Waals surface area (Å²) in [6.07, 6.45) is 1.96. The molecule has 0 bridgehead atoms. The van der Waals surface area contributed by atoms with E-state index in [0.29, 0.717) is 0 Å². The topological polar surface area (TPSA) is 20.2 Å². The number of hydrogen-bond donors (Lipinski definition) is 1. The molecule has 0 unspecified atom stereocenters. The summed E-state index contributed by atoms with van der Waals surface area (Å²) in [5, 5.41) is 9.86. The largest absolute Gasteiger partial charge is 0.505 e. The molecule has 1 aromatic carbocycles. The third-order valence-electron chi connectivity index (χ3n) is 1.91. The van der Waals surface area contributed by atoms with Crippen LogP contribution in [0.4, 0.5) is 0 Å². The summed E-state index contributed by atoms with van der Waals surface area (Å²) in [5.74, 6) is -0.0593. The fraction of sp³-hybridized carbons (Fsp3) is 0.200. The summed E-state index contributed by atoms with van der Waals surface area (Å²) in [5.41, 5.74) is 2.00. The molecule has 0 saturated carbocycles. The highest BCUT2D eigenvalue weighted by molar-refractivity contribution is 6.37. The molecular weight excluding hydrogens is 207 g/mol. The maximum atomic E-state index is 9.30. The van der Waals surface area contributed by atoms with E-state index in [1.54, 1.807) is 12.1 Å². The normalized spacial score (nSPS) is 11.8. The number of allylic oxidation sites excluding steroid dienone is 2. The number of halogens is 2. The van der Waals surface area contributed by atoms with E-state index in [1.165, 1.54) is 0 Å². The molecule has 1 rings (SSSR count). The van der Waals surface area contributed by atoms with E-state index < -0.39 is 0 Å². The molecule has 0 radical (unpaired) electrons. The molecule has 0 aliphatic rings. The van der Waals surface area contributed by atoms with Crippen molar-refractivity contribution < 1.29 is 5.11 Å². The number of hydrogen-bond acceptors (Lipinski definition) is 1. The Morgan fingerprint density at radius 1 is 1.31 bits per heavy atom. The molecule has 0 aromatic heterocycles. The van der Waals surface area contributed by atoms with Crippen LogP contribution in [-0.4, -0.2) is 5.11 Å². The fourth-order valence-corrected chi connectivity index (χ4v) is 1.45. The van der Waals surface area contributed by atoms with E-state index in [4.69, 9.17) is 23.2 Å². The zero-order valence-electron chi connectivity index (χ0n) is 7.44. The van der Waals surface area contributed by atoms with Crippen LogP contribution < -0.4 is 0 Å². The van der Waals surface area contributed by atoms with Crippen LogP contribution in [0.2, 0.25) is 10.0 Å². The highest BCUT2D eigenvalue weighted by atomic mass is 35.5. The first-order valence-corrected chi connectivity index (χ1v) is 4.63. The summed E-state index contributed by atoms with van der Waals surface area (Å²) >= 11 is 11.5. The average molecular weight is 217 g/mol. The molecule has 70 valence electrons. The van der Waals surface area contributed by atoms with Gasteiger partial charge in [0.05, 0.1) is 10.0 Å². The fourth-order valence-electron chi connectivity index (χ4n) is 0.960. The number of aromatic hydroxyl groups is 1. The summed E-state index contributed by atoms with van der Waals surface area (Å²) in [7, 11) is 0. The lowest BCUT2D eigenvalue weighted by Gasteiger charge is -2.05. The minimum Gasteiger partial charge on any atom is -0.505 e. The van der Waals surface area contributed by atoms with Crippen molar-refractivity contribution in [3.8, 4) is 5.75 Å². The molecular formula is C10H10Cl2O. The highest BCUT2D eigenvalue weighted by Crippen LogP contribution is 2.34. The molecule has 0 heterocycles. The maximum absolute atomic E-state index is 9.30. The Balaban J connectivity index is 3.29. The van der Waals surface area contributed by atoms with Gasteiger partial charge in [-0.3, -0.25) is 0 Å². The van der Waals surface area contributed by atoms with E-state index in [1.807, 2.05) is 19.9 Å². The Morgan fingerprint density at radius 3 is 2.15 bits per heavy atom. The van der Waals surface area contributed by atoms with Crippen molar-refractivity contribution in [1.29, 1.82) is 0 Å². The van der Waals surface area contributed by atoms with Crippen LogP contribution in [0.5, 0.6) is 5.75 Å². The van der Waals surface area contributed by atoms with E-state index in [0.717, 1.165) is 11.1 Å². The third kappa shape index (κ3) is 2.17. The summed E-state index contributed by atoms with van der Waals surface area (Å²) in [4.78, 5) is 0. The van der Waals surface area contributed by atoms with Crippen molar-refractivity contribution in [2.75, 3.05) is 0 Å². The number of rotatable bonds is 1. The molecule has 0 aliphatic carbocycles. The van der Waals surface area contributed by atoms with Gasteiger partial charge < -0.3 is 5.11 Å². The van der Waals surface area contributed by atoms with Gasteiger partial charge in [-0.1, -0.05) is 29.3 Å². The Labute approximate surface area is 87.6 Å². The average Bonchev–Trinajstić information content (AvgIpc) is 2.12. The predicted octanol–water partition coefficient (Wildman–Crippen LogP) is 4.12. The SMILES string of the molecule is C/C=C(\C)c1cc(Cl)c(O)c(Cl)c1. The third-order valence-corrected chi connectivity index (χ3v) is 2.48. The van der Waals surface area contributed by atoms with E-state index in [-0.39, 0.29) is 15.8 Å². The van der Waals surface area contributed by atoms with Crippen LogP contribution in [-0.2, 0) is 0 Å². The Bertz CT molecular complexity index is 333. The first-order chi connectivity index (χ1) is 6.06. The van der Waals surface area contributed by atoms with E-state index in [9.17, 15) is 5.11 Å². The zero-order chi connectivity index (χ0) is 10.0. The smallest absolute Gasteiger partial charge is 0.152 e. The minimum atomic E-state index is -0.0593. The van der Waals surface area contributed by atoms with Crippen molar-refractivity contribution >= 4 is 28.8 Å². The van der Waals surface area contributed by atoms with E-state index in [2.05, 4.69) is 0 Å². The molecule has 1 aromatic rings. The van der Waals surface area contributed by atoms with Crippen molar-refractivity contribution in [3.05, 3.63) is 33.8 Å². The molecule has 1 N–H and O–H groups in total. The molecule has 0 aliphatic heterocycles. The first-order valence-electron chi connectivity index (χ1n) is 3.87. The lowest BCUT2D eigenvalue weighted by atomic mass is 10.1. The molecule has 0 atom stereocenters. The van der Waals surface area contributed by atoms with Gasteiger partial charge in [0.2, 0.25) is 0 Å². The zero-order valence-corrected chi connectivity index (χ0v) is 8.95.